The predicted molar refractivity (Wildman–Crippen MR) is 77.6 cm³/mol. The summed E-state index contributed by atoms with van der Waals surface area (Å²) < 4.78 is 0. The molecule has 0 heterocycles. The highest BCUT2D eigenvalue weighted by Gasteiger charge is 2.37. The van der Waals surface area contributed by atoms with Crippen molar-refractivity contribution in [1.82, 2.24) is 5.32 Å². The van der Waals surface area contributed by atoms with E-state index >= 15 is 0 Å². The third-order valence-electron chi connectivity index (χ3n) is 4.34. The third-order valence-corrected chi connectivity index (χ3v) is 4.34. The van der Waals surface area contributed by atoms with Crippen LogP contribution < -0.4 is 11.1 Å². The van der Waals surface area contributed by atoms with E-state index in [1.807, 2.05) is 20.8 Å². The van der Waals surface area contributed by atoms with Crippen molar-refractivity contribution >= 4 is 5.91 Å². The Kier molecular flexibility index (Phi) is 4.68. The number of hydrogen-bond donors (Lipinski definition) is 3. The molecule has 0 saturated heterocycles. The highest BCUT2D eigenvalue weighted by molar-refractivity contribution is 5.82. The van der Waals surface area contributed by atoms with E-state index in [0.717, 1.165) is 25.7 Å². The number of amides is 1. The maximum atomic E-state index is 12.0. The predicted octanol–water partition coefficient (Wildman–Crippen LogP) is 1.81. The van der Waals surface area contributed by atoms with Gasteiger partial charge in [-0.1, -0.05) is 34.6 Å². The van der Waals surface area contributed by atoms with Crippen LogP contribution >= 0.6 is 0 Å². The first-order valence-electron chi connectivity index (χ1n) is 7.21. The van der Waals surface area contributed by atoms with Crippen LogP contribution in [-0.4, -0.2) is 29.2 Å². The second kappa shape index (κ2) is 5.41. The van der Waals surface area contributed by atoms with Crippen molar-refractivity contribution in [2.45, 2.75) is 71.9 Å². The number of nitrogens with one attached hydrogen (secondary N) is 1. The Morgan fingerprint density at radius 3 is 2.16 bits per heavy atom. The normalized spacial score (nSPS) is 23.7. The summed E-state index contributed by atoms with van der Waals surface area (Å²) in [5, 5.41) is 13.3. The van der Waals surface area contributed by atoms with E-state index in [1.165, 1.54) is 0 Å². The fraction of sp³-hybridized carbons (Fsp3) is 0.933. The monoisotopic (exact) mass is 270 g/mol. The lowest BCUT2D eigenvalue weighted by atomic mass is 9.71. The molecular weight excluding hydrogens is 240 g/mol. The zero-order chi connectivity index (χ0) is 14.9. The molecule has 1 aliphatic carbocycles. The fourth-order valence-electron chi connectivity index (χ4n) is 2.32. The van der Waals surface area contributed by atoms with Gasteiger partial charge in [0.2, 0.25) is 5.91 Å². The quantitative estimate of drug-likeness (QED) is 0.732. The second-order valence-corrected chi connectivity index (χ2v) is 7.95. The van der Waals surface area contributed by atoms with Gasteiger partial charge in [0.05, 0.1) is 11.6 Å². The first kappa shape index (κ1) is 16.4. The van der Waals surface area contributed by atoms with Gasteiger partial charge in [-0.15, -0.1) is 0 Å². The van der Waals surface area contributed by atoms with Crippen LogP contribution in [-0.2, 0) is 4.79 Å². The molecule has 0 aromatic rings. The van der Waals surface area contributed by atoms with Gasteiger partial charge in [-0.2, -0.15) is 0 Å². The largest absolute Gasteiger partial charge is 0.388 e. The van der Waals surface area contributed by atoms with Gasteiger partial charge in [-0.05, 0) is 36.5 Å². The lowest BCUT2D eigenvalue weighted by Gasteiger charge is -2.40. The molecule has 4 heteroatoms. The Hall–Kier alpha value is -0.610. The lowest BCUT2D eigenvalue weighted by molar-refractivity contribution is -0.126. The Labute approximate surface area is 117 Å². The molecule has 4 nitrogen and oxygen atoms in total. The summed E-state index contributed by atoms with van der Waals surface area (Å²) in [6.45, 7) is 10.6. The van der Waals surface area contributed by atoms with Crippen molar-refractivity contribution in [3.05, 3.63) is 0 Å². The van der Waals surface area contributed by atoms with Gasteiger partial charge < -0.3 is 16.2 Å². The Bertz CT molecular complexity index is 322. The van der Waals surface area contributed by atoms with Gasteiger partial charge >= 0.3 is 0 Å². The van der Waals surface area contributed by atoms with Gasteiger partial charge in [0.25, 0.3) is 0 Å². The number of rotatable bonds is 3. The number of carbonyl (C=O) groups excluding carboxylic acids is 1. The minimum absolute atomic E-state index is 0.175. The minimum Gasteiger partial charge on any atom is -0.388 e. The summed E-state index contributed by atoms with van der Waals surface area (Å²) in [6, 6.07) is -0.545. The second-order valence-electron chi connectivity index (χ2n) is 7.95. The van der Waals surface area contributed by atoms with Crippen LogP contribution in [0, 0.1) is 10.8 Å². The van der Waals surface area contributed by atoms with Gasteiger partial charge in [-0.3, -0.25) is 4.79 Å². The summed E-state index contributed by atoms with van der Waals surface area (Å²) in [4.78, 5) is 12.0. The number of hydrogen-bond acceptors (Lipinski definition) is 3. The van der Waals surface area contributed by atoms with Crippen molar-refractivity contribution in [1.29, 1.82) is 0 Å². The van der Waals surface area contributed by atoms with Crippen LogP contribution in [0.25, 0.3) is 0 Å². The molecule has 4 N–H and O–H groups in total. The van der Waals surface area contributed by atoms with Crippen LogP contribution in [0.2, 0.25) is 0 Å². The summed E-state index contributed by atoms with van der Waals surface area (Å²) in [6.07, 6.45) is 3.46. The Morgan fingerprint density at radius 1 is 1.26 bits per heavy atom. The molecule has 19 heavy (non-hydrogen) atoms. The first-order chi connectivity index (χ1) is 8.45. The van der Waals surface area contributed by atoms with E-state index in [-0.39, 0.29) is 11.3 Å². The van der Waals surface area contributed by atoms with Gasteiger partial charge in [0, 0.05) is 6.54 Å². The Morgan fingerprint density at radius 2 is 1.74 bits per heavy atom. The molecule has 0 spiro atoms. The first-order valence-corrected chi connectivity index (χ1v) is 7.21. The summed E-state index contributed by atoms with van der Waals surface area (Å²) >= 11 is 0. The van der Waals surface area contributed by atoms with E-state index in [2.05, 4.69) is 19.2 Å². The van der Waals surface area contributed by atoms with Gasteiger partial charge in [0.15, 0.2) is 0 Å². The molecule has 0 bridgehead atoms. The number of carbonyl (C=O) groups is 1. The standard InChI is InChI=1S/C15H30N2O2/c1-13(2,3)11(16)12(18)17-10-15(19)8-6-14(4,5)7-9-15/h11,19H,6-10,16H2,1-5H3,(H,17,18). The van der Waals surface area contributed by atoms with Crippen molar-refractivity contribution < 1.29 is 9.90 Å². The Balaban J connectivity index is 2.47. The summed E-state index contributed by atoms with van der Waals surface area (Å²) in [5.74, 6) is -0.175. The minimum atomic E-state index is -0.761. The molecule has 1 amide bonds. The third kappa shape index (κ3) is 4.77. The van der Waals surface area contributed by atoms with Crippen LogP contribution in [0.15, 0.2) is 0 Å². The molecule has 1 unspecified atom stereocenters. The maximum absolute atomic E-state index is 12.0. The van der Waals surface area contributed by atoms with E-state index < -0.39 is 11.6 Å². The number of aliphatic hydroxyl groups is 1. The SMILES string of the molecule is CC1(C)CCC(O)(CNC(=O)C(N)C(C)(C)C)CC1. The summed E-state index contributed by atoms with van der Waals surface area (Å²) in [7, 11) is 0. The van der Waals surface area contributed by atoms with Crippen LogP contribution in [0.3, 0.4) is 0 Å². The highest BCUT2D eigenvalue weighted by atomic mass is 16.3. The molecule has 0 radical (unpaired) electrons. The molecule has 1 saturated carbocycles. The van der Waals surface area contributed by atoms with E-state index in [4.69, 9.17) is 5.73 Å². The molecule has 1 rings (SSSR count). The van der Waals surface area contributed by atoms with E-state index in [0.29, 0.717) is 12.0 Å². The van der Waals surface area contributed by atoms with Crippen molar-refractivity contribution in [3.8, 4) is 0 Å². The zero-order valence-corrected chi connectivity index (χ0v) is 13.0. The molecule has 1 aliphatic rings. The van der Waals surface area contributed by atoms with Gasteiger partial charge in [0.1, 0.15) is 0 Å². The molecule has 0 aromatic heterocycles. The highest BCUT2D eigenvalue weighted by Crippen LogP contribution is 2.39. The molecule has 1 atom stereocenters. The average Bonchev–Trinajstić information content (AvgIpc) is 2.29. The van der Waals surface area contributed by atoms with Crippen LogP contribution in [0.4, 0.5) is 0 Å². The fourth-order valence-corrected chi connectivity index (χ4v) is 2.32. The van der Waals surface area contributed by atoms with E-state index in [1.54, 1.807) is 0 Å². The van der Waals surface area contributed by atoms with E-state index in [9.17, 15) is 9.90 Å². The van der Waals surface area contributed by atoms with Gasteiger partial charge in [-0.25, -0.2) is 0 Å². The van der Waals surface area contributed by atoms with Crippen molar-refractivity contribution in [2.75, 3.05) is 6.54 Å². The smallest absolute Gasteiger partial charge is 0.237 e. The zero-order valence-electron chi connectivity index (χ0n) is 13.0. The molecule has 1 fully saturated rings. The lowest BCUT2D eigenvalue weighted by Crippen LogP contribution is -2.53. The average molecular weight is 270 g/mol. The number of nitrogens with two attached hydrogens (primary N) is 1. The van der Waals surface area contributed by atoms with Crippen LogP contribution in [0.1, 0.15) is 60.3 Å². The van der Waals surface area contributed by atoms with Crippen LogP contribution in [0.5, 0.6) is 0 Å². The molecule has 0 aliphatic heterocycles. The maximum Gasteiger partial charge on any atom is 0.237 e. The topological polar surface area (TPSA) is 75.3 Å². The van der Waals surface area contributed by atoms with Crippen molar-refractivity contribution in [2.24, 2.45) is 16.6 Å². The molecular formula is C15H30N2O2. The molecule has 0 aromatic carbocycles. The van der Waals surface area contributed by atoms with Crippen molar-refractivity contribution in [3.63, 3.8) is 0 Å². The molecule has 112 valence electrons. The summed E-state index contributed by atoms with van der Waals surface area (Å²) in [5.41, 5.74) is 5.18.